The first-order chi connectivity index (χ1) is 9.99. The summed E-state index contributed by atoms with van der Waals surface area (Å²) in [4.78, 5) is 23.5. The lowest BCUT2D eigenvalue weighted by Crippen LogP contribution is -2.40. The number of halogens is 1. The number of hydrogen-bond donors (Lipinski definition) is 2. The number of ether oxygens (including phenoxy) is 1. The number of anilines is 1. The van der Waals surface area contributed by atoms with Crippen LogP contribution in [-0.2, 0) is 9.53 Å². The van der Waals surface area contributed by atoms with E-state index in [-0.39, 0.29) is 16.9 Å². The minimum Gasteiger partial charge on any atom is -0.465 e. The minimum absolute atomic E-state index is 0.102. The van der Waals surface area contributed by atoms with E-state index in [4.69, 9.17) is 5.73 Å². The zero-order chi connectivity index (χ0) is 15.5. The van der Waals surface area contributed by atoms with Crippen LogP contribution in [-0.4, -0.2) is 25.5 Å². The Morgan fingerprint density at radius 3 is 2.67 bits per heavy atom. The van der Waals surface area contributed by atoms with Crippen LogP contribution in [0.3, 0.4) is 0 Å². The van der Waals surface area contributed by atoms with Gasteiger partial charge in [-0.1, -0.05) is 6.42 Å². The molecule has 0 atom stereocenters. The van der Waals surface area contributed by atoms with E-state index in [0.29, 0.717) is 18.7 Å². The Balaban J connectivity index is 2.05. The fraction of sp³-hybridized carbons (Fsp3) is 0.467. The van der Waals surface area contributed by atoms with Gasteiger partial charge in [0.15, 0.2) is 0 Å². The maximum Gasteiger partial charge on any atom is 0.340 e. The van der Waals surface area contributed by atoms with Crippen LogP contribution < -0.4 is 11.1 Å². The number of carbonyl (C=O) groups is 2. The van der Waals surface area contributed by atoms with Crippen LogP contribution in [0.1, 0.15) is 36.0 Å². The normalized spacial score (nSPS) is 16.0. The molecule has 1 saturated carbocycles. The topological polar surface area (TPSA) is 81.4 Å². The van der Waals surface area contributed by atoms with Crippen LogP contribution in [0.5, 0.6) is 0 Å². The van der Waals surface area contributed by atoms with E-state index >= 15 is 0 Å². The fourth-order valence-corrected chi connectivity index (χ4v) is 2.55. The summed E-state index contributed by atoms with van der Waals surface area (Å²) < 4.78 is 18.0. The maximum absolute atomic E-state index is 13.5. The molecule has 114 valence electrons. The lowest BCUT2D eigenvalue weighted by Gasteiger charge is -2.40. The molecule has 0 radical (unpaired) electrons. The van der Waals surface area contributed by atoms with E-state index in [1.807, 2.05) is 0 Å². The predicted octanol–water partition coefficient (Wildman–Crippen LogP) is 2.07. The summed E-state index contributed by atoms with van der Waals surface area (Å²) in [6, 6.07) is 3.81. The summed E-state index contributed by atoms with van der Waals surface area (Å²) in [6.45, 7) is 0.483. The molecule has 5 nitrogen and oxygen atoms in total. The van der Waals surface area contributed by atoms with E-state index in [1.165, 1.54) is 19.2 Å². The summed E-state index contributed by atoms with van der Waals surface area (Å²) in [6.07, 6.45) is 3.34. The third kappa shape index (κ3) is 3.39. The second-order valence-corrected chi connectivity index (χ2v) is 5.47. The molecule has 0 unspecified atom stereocenters. The highest BCUT2D eigenvalue weighted by Crippen LogP contribution is 2.43. The van der Waals surface area contributed by atoms with Crippen molar-refractivity contribution in [1.29, 1.82) is 0 Å². The van der Waals surface area contributed by atoms with Gasteiger partial charge in [0.2, 0.25) is 5.91 Å². The Morgan fingerprint density at radius 1 is 1.43 bits per heavy atom. The van der Waals surface area contributed by atoms with Crippen LogP contribution in [0.25, 0.3) is 0 Å². The standard InChI is InChI=1S/C15H19FN2O3/c1-21-14(20)11-7-10(3-4-12(11)16)18-13(19)8-15(9-17)5-2-6-15/h3-4,7H,2,5-6,8-9,17H2,1H3,(H,18,19). The number of nitrogens with one attached hydrogen (secondary N) is 1. The highest BCUT2D eigenvalue weighted by Gasteiger charge is 2.37. The Morgan fingerprint density at radius 2 is 2.14 bits per heavy atom. The quantitative estimate of drug-likeness (QED) is 0.815. The minimum atomic E-state index is -0.777. The Labute approximate surface area is 122 Å². The number of amides is 1. The molecule has 0 heterocycles. The predicted molar refractivity (Wildman–Crippen MR) is 76.3 cm³/mol. The van der Waals surface area contributed by atoms with Crippen molar-refractivity contribution in [2.45, 2.75) is 25.7 Å². The van der Waals surface area contributed by atoms with Crippen molar-refractivity contribution in [3.8, 4) is 0 Å². The number of esters is 1. The van der Waals surface area contributed by atoms with E-state index in [2.05, 4.69) is 10.1 Å². The molecule has 1 amide bonds. The first-order valence-corrected chi connectivity index (χ1v) is 6.87. The van der Waals surface area contributed by atoms with Gasteiger partial charge in [-0.15, -0.1) is 0 Å². The van der Waals surface area contributed by atoms with Gasteiger partial charge in [0.1, 0.15) is 5.82 Å². The molecule has 0 bridgehead atoms. The third-order valence-electron chi connectivity index (χ3n) is 4.04. The van der Waals surface area contributed by atoms with Crippen molar-refractivity contribution in [3.63, 3.8) is 0 Å². The van der Waals surface area contributed by atoms with E-state index < -0.39 is 11.8 Å². The highest BCUT2D eigenvalue weighted by atomic mass is 19.1. The van der Waals surface area contributed by atoms with Gasteiger partial charge in [-0.3, -0.25) is 4.79 Å². The van der Waals surface area contributed by atoms with Gasteiger partial charge in [0.05, 0.1) is 12.7 Å². The molecule has 1 fully saturated rings. The Hall–Kier alpha value is -1.95. The van der Waals surface area contributed by atoms with Crippen LogP contribution in [0.15, 0.2) is 18.2 Å². The Kier molecular flexibility index (Phi) is 4.57. The second-order valence-electron chi connectivity index (χ2n) is 5.47. The summed E-state index contributed by atoms with van der Waals surface area (Å²) >= 11 is 0. The third-order valence-corrected chi connectivity index (χ3v) is 4.04. The molecule has 6 heteroatoms. The molecule has 0 aliphatic heterocycles. The van der Waals surface area contributed by atoms with Crippen molar-refractivity contribution in [3.05, 3.63) is 29.6 Å². The van der Waals surface area contributed by atoms with Gasteiger partial charge in [0, 0.05) is 12.1 Å². The molecule has 1 aromatic rings. The second kappa shape index (κ2) is 6.22. The van der Waals surface area contributed by atoms with Crippen molar-refractivity contribution in [2.75, 3.05) is 19.0 Å². The summed E-state index contributed by atoms with van der Waals surface area (Å²) in [5.41, 5.74) is 5.79. The molecule has 3 N–H and O–H groups in total. The molecular formula is C15H19FN2O3. The molecule has 1 aliphatic rings. The first kappa shape index (κ1) is 15.4. The van der Waals surface area contributed by atoms with Crippen LogP contribution in [0.4, 0.5) is 10.1 Å². The summed E-state index contributed by atoms with van der Waals surface area (Å²) in [7, 11) is 1.18. The number of hydrogen-bond acceptors (Lipinski definition) is 4. The molecule has 21 heavy (non-hydrogen) atoms. The molecular weight excluding hydrogens is 275 g/mol. The monoisotopic (exact) mass is 294 g/mol. The number of methoxy groups -OCH3 is 1. The van der Waals surface area contributed by atoms with Crippen molar-refractivity contribution >= 4 is 17.6 Å². The van der Waals surface area contributed by atoms with Crippen molar-refractivity contribution in [2.24, 2.45) is 11.1 Å². The van der Waals surface area contributed by atoms with Crippen molar-refractivity contribution in [1.82, 2.24) is 0 Å². The number of nitrogens with two attached hydrogens (primary N) is 1. The number of benzene rings is 1. The largest absolute Gasteiger partial charge is 0.465 e. The van der Waals surface area contributed by atoms with Crippen LogP contribution in [0, 0.1) is 11.2 Å². The number of rotatable bonds is 5. The van der Waals surface area contributed by atoms with Gasteiger partial charge in [-0.05, 0) is 43.0 Å². The van der Waals surface area contributed by atoms with E-state index in [9.17, 15) is 14.0 Å². The van der Waals surface area contributed by atoms with Gasteiger partial charge in [0.25, 0.3) is 0 Å². The van der Waals surface area contributed by atoms with Crippen LogP contribution >= 0.6 is 0 Å². The number of carbonyl (C=O) groups excluding carboxylic acids is 2. The molecule has 1 aromatic carbocycles. The molecule has 0 aromatic heterocycles. The van der Waals surface area contributed by atoms with Crippen molar-refractivity contribution < 1.29 is 18.7 Å². The lowest BCUT2D eigenvalue weighted by atomic mass is 9.66. The van der Waals surface area contributed by atoms with Crippen LogP contribution in [0.2, 0.25) is 0 Å². The van der Waals surface area contributed by atoms with E-state index in [0.717, 1.165) is 25.3 Å². The van der Waals surface area contributed by atoms with Gasteiger partial charge in [-0.25, -0.2) is 9.18 Å². The Bertz CT molecular complexity index is 550. The average molecular weight is 294 g/mol. The lowest BCUT2D eigenvalue weighted by molar-refractivity contribution is -0.119. The van der Waals surface area contributed by atoms with E-state index in [1.54, 1.807) is 0 Å². The first-order valence-electron chi connectivity index (χ1n) is 6.87. The summed E-state index contributed by atoms with van der Waals surface area (Å²) in [5, 5.41) is 2.68. The van der Waals surface area contributed by atoms with Gasteiger partial charge in [-0.2, -0.15) is 0 Å². The SMILES string of the molecule is COC(=O)c1cc(NC(=O)CC2(CN)CCC2)ccc1F. The zero-order valence-corrected chi connectivity index (χ0v) is 11.9. The average Bonchev–Trinajstić information content (AvgIpc) is 2.44. The fourth-order valence-electron chi connectivity index (χ4n) is 2.55. The molecule has 0 spiro atoms. The smallest absolute Gasteiger partial charge is 0.340 e. The zero-order valence-electron chi connectivity index (χ0n) is 11.9. The molecule has 1 aliphatic carbocycles. The maximum atomic E-state index is 13.5. The van der Waals surface area contributed by atoms with Gasteiger partial charge >= 0.3 is 5.97 Å². The summed E-state index contributed by atoms with van der Waals surface area (Å²) in [5.74, 6) is -1.64. The molecule has 0 saturated heterocycles. The van der Waals surface area contributed by atoms with Gasteiger partial charge < -0.3 is 15.8 Å². The molecule has 2 rings (SSSR count). The highest BCUT2D eigenvalue weighted by molar-refractivity contribution is 5.95.